The number of para-hydroxylation sites is 2. The van der Waals surface area contributed by atoms with E-state index in [9.17, 15) is 22.8 Å². The monoisotopic (exact) mass is 458 g/mol. The van der Waals surface area contributed by atoms with Gasteiger partial charge in [-0.15, -0.1) is 0 Å². The number of amides is 1. The number of hydrogen-bond donors (Lipinski definition) is 2. The number of fused-ring (bicyclic) bond motifs is 1. The fourth-order valence-electron chi connectivity index (χ4n) is 2.79. The highest BCUT2D eigenvalue weighted by molar-refractivity contribution is 7.89. The fraction of sp³-hybridized carbons (Fsp3) is 0.238. The lowest BCUT2D eigenvalue weighted by Gasteiger charge is -2.12. The topological polar surface area (TPSA) is 139 Å². The predicted octanol–water partition coefficient (Wildman–Crippen LogP) is 1.29. The Morgan fingerprint density at radius 3 is 2.47 bits per heavy atom. The second-order valence-corrected chi connectivity index (χ2v) is 9.20. The number of nitrogens with one attached hydrogen (secondary N) is 2. The number of aromatic nitrogens is 2. The number of carbonyl (C=O) groups is 2. The van der Waals surface area contributed by atoms with E-state index >= 15 is 0 Å². The zero-order valence-electron chi connectivity index (χ0n) is 17.5. The minimum absolute atomic E-state index is 0.0719. The van der Waals surface area contributed by atoms with Crippen LogP contribution in [0.2, 0.25) is 0 Å². The molecule has 3 aromatic rings. The number of nitrogens with zero attached hydrogens (tertiary/aromatic N) is 2. The molecule has 0 aliphatic carbocycles. The van der Waals surface area contributed by atoms with Gasteiger partial charge in [0, 0.05) is 26.2 Å². The molecule has 0 atom stereocenters. The van der Waals surface area contributed by atoms with Gasteiger partial charge in [-0.05, 0) is 36.4 Å². The zero-order valence-corrected chi connectivity index (χ0v) is 18.3. The average Bonchev–Trinajstić information content (AvgIpc) is 2.76. The Morgan fingerprint density at radius 1 is 1.09 bits per heavy atom. The lowest BCUT2D eigenvalue weighted by Crippen LogP contribution is -2.23. The minimum atomic E-state index is -3.57. The van der Waals surface area contributed by atoms with Crippen LogP contribution in [0.1, 0.15) is 12.1 Å². The highest BCUT2D eigenvalue weighted by atomic mass is 32.2. The van der Waals surface area contributed by atoms with Crippen molar-refractivity contribution in [3.8, 4) is 0 Å². The second-order valence-electron chi connectivity index (χ2n) is 7.05. The predicted molar refractivity (Wildman–Crippen MR) is 118 cm³/mol. The lowest BCUT2D eigenvalue weighted by molar-refractivity contribution is -0.147. The number of rotatable bonds is 8. The van der Waals surface area contributed by atoms with Crippen LogP contribution >= 0.6 is 0 Å². The van der Waals surface area contributed by atoms with Gasteiger partial charge < -0.3 is 15.0 Å². The van der Waals surface area contributed by atoms with Gasteiger partial charge in [-0.2, -0.15) is 0 Å². The average molecular weight is 458 g/mol. The van der Waals surface area contributed by atoms with E-state index in [1.54, 1.807) is 24.3 Å². The van der Waals surface area contributed by atoms with E-state index < -0.39 is 28.5 Å². The van der Waals surface area contributed by atoms with Crippen molar-refractivity contribution in [3.05, 3.63) is 64.6 Å². The highest BCUT2D eigenvalue weighted by Gasteiger charge is 2.17. The largest absolute Gasteiger partial charge is 0.456 e. The molecule has 1 aromatic heterocycles. The van der Waals surface area contributed by atoms with E-state index in [0.717, 1.165) is 4.31 Å². The normalized spacial score (nSPS) is 11.5. The number of hydrogen-bond acceptors (Lipinski definition) is 7. The third-order valence-corrected chi connectivity index (χ3v) is 6.35. The summed E-state index contributed by atoms with van der Waals surface area (Å²) in [6.45, 7) is -0.516. The molecule has 0 saturated heterocycles. The first kappa shape index (κ1) is 23.1. The maximum absolute atomic E-state index is 12.1. The molecule has 1 heterocycles. The molecule has 3 rings (SSSR count). The summed E-state index contributed by atoms with van der Waals surface area (Å²) in [5.74, 6) is -1.23. The SMILES string of the molecule is CN(C)S(=O)(=O)c1ccc(NC(=O)COC(=O)CCc2nc3ccccc3[nH]c2=O)cc1. The Balaban J connectivity index is 1.49. The van der Waals surface area contributed by atoms with Gasteiger partial charge in [-0.1, -0.05) is 12.1 Å². The Hall–Kier alpha value is -3.57. The van der Waals surface area contributed by atoms with Crippen molar-refractivity contribution < 1.29 is 22.7 Å². The van der Waals surface area contributed by atoms with Crippen LogP contribution in [0.3, 0.4) is 0 Å². The molecule has 2 N–H and O–H groups in total. The molecule has 0 spiro atoms. The van der Waals surface area contributed by atoms with Crippen molar-refractivity contribution in [2.24, 2.45) is 0 Å². The number of aryl methyl sites for hydroxylation is 1. The third-order valence-electron chi connectivity index (χ3n) is 4.52. The first-order valence-electron chi connectivity index (χ1n) is 9.63. The summed E-state index contributed by atoms with van der Waals surface area (Å²) in [6.07, 6.45) is -0.0405. The highest BCUT2D eigenvalue weighted by Crippen LogP contribution is 2.16. The molecule has 0 unspecified atom stereocenters. The number of aromatic amines is 1. The van der Waals surface area contributed by atoms with Crippen LogP contribution in [0.4, 0.5) is 5.69 Å². The van der Waals surface area contributed by atoms with Crippen molar-refractivity contribution >= 4 is 38.6 Å². The number of benzene rings is 2. The number of carbonyl (C=O) groups excluding carboxylic acids is 2. The Labute approximate surface area is 184 Å². The summed E-state index contributed by atoms with van der Waals surface area (Å²) in [7, 11) is -0.722. The number of esters is 1. The van der Waals surface area contributed by atoms with Crippen LogP contribution in [-0.4, -0.2) is 55.3 Å². The fourth-order valence-corrected chi connectivity index (χ4v) is 3.70. The quantitative estimate of drug-likeness (QED) is 0.485. The molecule has 0 fully saturated rings. The summed E-state index contributed by atoms with van der Waals surface area (Å²) in [4.78, 5) is 43.1. The van der Waals surface area contributed by atoms with Crippen molar-refractivity contribution in [3.63, 3.8) is 0 Å². The zero-order chi connectivity index (χ0) is 23.3. The maximum atomic E-state index is 12.1. The van der Waals surface area contributed by atoms with Gasteiger partial charge in [0.15, 0.2) is 6.61 Å². The van der Waals surface area contributed by atoms with Crippen molar-refractivity contribution in [1.82, 2.24) is 14.3 Å². The van der Waals surface area contributed by atoms with Crippen molar-refractivity contribution in [1.29, 1.82) is 0 Å². The molecule has 1 amide bonds. The minimum Gasteiger partial charge on any atom is -0.456 e. The van der Waals surface area contributed by atoms with Crippen LogP contribution in [-0.2, 0) is 30.8 Å². The number of H-pyrrole nitrogens is 1. The van der Waals surface area contributed by atoms with Gasteiger partial charge in [-0.25, -0.2) is 17.7 Å². The molecule has 32 heavy (non-hydrogen) atoms. The molecule has 0 bridgehead atoms. The summed E-state index contributed by atoms with van der Waals surface area (Å²) < 4.78 is 30.1. The van der Waals surface area contributed by atoms with E-state index in [4.69, 9.17) is 4.74 Å². The van der Waals surface area contributed by atoms with Gasteiger partial charge in [0.05, 0.1) is 22.3 Å². The van der Waals surface area contributed by atoms with Crippen LogP contribution in [0.15, 0.2) is 58.2 Å². The Kier molecular flexibility index (Phi) is 7.01. The van der Waals surface area contributed by atoms with Crippen LogP contribution in [0.5, 0.6) is 0 Å². The van der Waals surface area contributed by atoms with Crippen LogP contribution < -0.4 is 10.9 Å². The molecule has 0 radical (unpaired) electrons. The lowest BCUT2D eigenvalue weighted by atomic mass is 10.2. The summed E-state index contributed by atoms with van der Waals surface area (Å²) in [5.41, 5.74) is 1.40. The number of anilines is 1. The summed E-state index contributed by atoms with van der Waals surface area (Å²) in [5, 5.41) is 2.52. The smallest absolute Gasteiger partial charge is 0.306 e. The van der Waals surface area contributed by atoms with E-state index in [2.05, 4.69) is 15.3 Å². The number of ether oxygens (including phenoxy) is 1. The van der Waals surface area contributed by atoms with Gasteiger partial charge in [0.25, 0.3) is 11.5 Å². The van der Waals surface area contributed by atoms with Crippen molar-refractivity contribution in [2.45, 2.75) is 17.7 Å². The molecule has 168 valence electrons. The second kappa shape index (κ2) is 9.71. The van der Waals surface area contributed by atoms with E-state index in [-0.39, 0.29) is 29.0 Å². The van der Waals surface area contributed by atoms with Crippen molar-refractivity contribution in [2.75, 3.05) is 26.0 Å². The van der Waals surface area contributed by atoms with E-state index in [1.165, 1.54) is 38.4 Å². The van der Waals surface area contributed by atoms with Crippen LogP contribution in [0.25, 0.3) is 11.0 Å². The molecular weight excluding hydrogens is 436 g/mol. The van der Waals surface area contributed by atoms with Gasteiger partial charge in [0.2, 0.25) is 10.0 Å². The maximum Gasteiger partial charge on any atom is 0.306 e. The molecule has 2 aromatic carbocycles. The first-order chi connectivity index (χ1) is 15.2. The molecule has 11 heteroatoms. The van der Waals surface area contributed by atoms with E-state index in [1.807, 2.05) is 0 Å². The molecule has 0 aliphatic rings. The van der Waals surface area contributed by atoms with Gasteiger partial charge in [-0.3, -0.25) is 14.4 Å². The first-order valence-corrected chi connectivity index (χ1v) is 11.1. The standard InChI is InChI=1S/C21H22N4O6S/c1-25(2)32(29,30)15-9-7-14(8-10-15)22-19(26)13-31-20(27)12-11-18-21(28)24-17-6-4-3-5-16(17)23-18/h3-10H,11-13H2,1-2H3,(H,22,26)(H,24,28). The summed E-state index contributed by atoms with van der Waals surface area (Å²) in [6, 6.07) is 12.7. The Morgan fingerprint density at radius 2 is 1.78 bits per heavy atom. The molecule has 0 saturated carbocycles. The van der Waals surface area contributed by atoms with E-state index in [0.29, 0.717) is 16.7 Å². The van der Waals surface area contributed by atoms with Gasteiger partial charge >= 0.3 is 5.97 Å². The molecular formula is C21H22N4O6S. The molecule has 0 aliphatic heterocycles. The van der Waals surface area contributed by atoms with Gasteiger partial charge in [0.1, 0.15) is 5.69 Å². The van der Waals surface area contributed by atoms with Crippen LogP contribution in [0, 0.1) is 0 Å². The molecule has 10 nitrogen and oxygen atoms in total. The summed E-state index contributed by atoms with van der Waals surface area (Å²) >= 11 is 0. The Bertz CT molecular complexity index is 1300. The third kappa shape index (κ3) is 5.56. The number of sulfonamides is 1.